The predicted octanol–water partition coefficient (Wildman–Crippen LogP) is 2.85. The SMILES string of the molecule is COc1ccc2c(c1[N+](=O)[O-])CN(C(=O)OC(C)(C)C)C2. The van der Waals surface area contributed by atoms with Crippen LogP contribution in [0.4, 0.5) is 10.5 Å². The Hall–Kier alpha value is -2.31. The molecule has 1 heterocycles. The molecule has 7 nitrogen and oxygen atoms in total. The first-order chi connectivity index (χ1) is 9.73. The molecule has 0 aromatic heterocycles. The number of nitrogens with zero attached hydrogens (tertiary/aromatic N) is 2. The van der Waals surface area contributed by atoms with Gasteiger partial charge in [-0.2, -0.15) is 0 Å². The lowest BCUT2D eigenvalue weighted by Crippen LogP contribution is -2.33. The standard InChI is InChI=1S/C14H18N2O5/c1-14(2,3)21-13(17)15-7-9-5-6-11(20-4)12(16(18)19)10(9)8-15/h5-6H,7-8H2,1-4H3. The van der Waals surface area contributed by atoms with Gasteiger partial charge in [-0.25, -0.2) is 4.79 Å². The van der Waals surface area contributed by atoms with E-state index in [2.05, 4.69) is 0 Å². The second-order valence-corrected chi connectivity index (χ2v) is 5.85. The highest BCUT2D eigenvalue weighted by Crippen LogP contribution is 2.38. The van der Waals surface area contributed by atoms with Gasteiger partial charge in [-0.05, 0) is 32.4 Å². The summed E-state index contributed by atoms with van der Waals surface area (Å²) in [4.78, 5) is 24.3. The Balaban J connectivity index is 2.29. The van der Waals surface area contributed by atoms with Crippen molar-refractivity contribution in [3.8, 4) is 5.75 Å². The van der Waals surface area contributed by atoms with Crippen molar-refractivity contribution in [3.63, 3.8) is 0 Å². The monoisotopic (exact) mass is 294 g/mol. The molecule has 0 unspecified atom stereocenters. The molecule has 1 aromatic carbocycles. The Morgan fingerprint density at radius 3 is 2.52 bits per heavy atom. The number of amides is 1. The summed E-state index contributed by atoms with van der Waals surface area (Å²) in [5, 5.41) is 11.2. The highest BCUT2D eigenvalue weighted by atomic mass is 16.6. The molecule has 0 bridgehead atoms. The second kappa shape index (κ2) is 5.23. The van der Waals surface area contributed by atoms with E-state index >= 15 is 0 Å². The first kappa shape index (κ1) is 15.1. The predicted molar refractivity (Wildman–Crippen MR) is 75.1 cm³/mol. The van der Waals surface area contributed by atoms with Crippen LogP contribution in [0, 0.1) is 10.1 Å². The second-order valence-electron chi connectivity index (χ2n) is 5.85. The highest BCUT2D eigenvalue weighted by Gasteiger charge is 2.34. The van der Waals surface area contributed by atoms with Crippen LogP contribution in [-0.4, -0.2) is 28.6 Å². The Labute approximate surface area is 122 Å². The van der Waals surface area contributed by atoms with Crippen LogP contribution in [-0.2, 0) is 17.8 Å². The summed E-state index contributed by atoms with van der Waals surface area (Å²) in [6, 6.07) is 3.29. The van der Waals surface area contributed by atoms with Crippen LogP contribution in [0.5, 0.6) is 5.75 Å². The van der Waals surface area contributed by atoms with Crippen molar-refractivity contribution in [2.45, 2.75) is 39.5 Å². The van der Waals surface area contributed by atoms with Crippen LogP contribution in [0.25, 0.3) is 0 Å². The van der Waals surface area contributed by atoms with E-state index in [1.165, 1.54) is 12.0 Å². The van der Waals surface area contributed by atoms with E-state index in [-0.39, 0.29) is 18.0 Å². The molecule has 0 fully saturated rings. The summed E-state index contributed by atoms with van der Waals surface area (Å²) in [6.07, 6.45) is -0.480. The maximum Gasteiger partial charge on any atom is 0.410 e. The smallest absolute Gasteiger partial charge is 0.410 e. The number of hydrogen-bond donors (Lipinski definition) is 0. The molecule has 0 N–H and O–H groups in total. The highest BCUT2D eigenvalue weighted by molar-refractivity contribution is 5.71. The Kier molecular flexibility index (Phi) is 3.76. The number of fused-ring (bicyclic) bond motifs is 1. The lowest BCUT2D eigenvalue weighted by molar-refractivity contribution is -0.386. The Morgan fingerprint density at radius 2 is 2.00 bits per heavy atom. The van der Waals surface area contributed by atoms with Gasteiger partial charge in [0.2, 0.25) is 0 Å². The fourth-order valence-corrected chi connectivity index (χ4v) is 2.25. The van der Waals surface area contributed by atoms with Gasteiger partial charge in [0.05, 0.1) is 24.1 Å². The van der Waals surface area contributed by atoms with Crippen molar-refractivity contribution in [2.75, 3.05) is 7.11 Å². The van der Waals surface area contributed by atoms with E-state index in [1.807, 2.05) is 0 Å². The van der Waals surface area contributed by atoms with Crippen LogP contribution in [0.2, 0.25) is 0 Å². The maximum absolute atomic E-state index is 12.1. The summed E-state index contributed by atoms with van der Waals surface area (Å²) < 4.78 is 10.3. The summed E-state index contributed by atoms with van der Waals surface area (Å²) >= 11 is 0. The summed E-state index contributed by atoms with van der Waals surface area (Å²) in [5.41, 5.74) is 0.565. The van der Waals surface area contributed by atoms with Crippen molar-refractivity contribution < 1.29 is 19.2 Å². The van der Waals surface area contributed by atoms with Gasteiger partial charge in [0.1, 0.15) is 5.60 Å². The third-order valence-corrected chi connectivity index (χ3v) is 3.11. The van der Waals surface area contributed by atoms with Gasteiger partial charge in [0, 0.05) is 6.54 Å². The first-order valence-corrected chi connectivity index (χ1v) is 6.54. The topological polar surface area (TPSA) is 81.9 Å². The minimum Gasteiger partial charge on any atom is -0.490 e. The van der Waals surface area contributed by atoms with E-state index < -0.39 is 16.6 Å². The number of nitro benzene ring substituents is 1. The van der Waals surface area contributed by atoms with Crippen LogP contribution >= 0.6 is 0 Å². The summed E-state index contributed by atoms with van der Waals surface area (Å²) in [5.74, 6) is 0.199. The average Bonchev–Trinajstić information content (AvgIpc) is 2.78. The van der Waals surface area contributed by atoms with Gasteiger partial charge in [-0.15, -0.1) is 0 Å². The van der Waals surface area contributed by atoms with Crippen LogP contribution in [0.1, 0.15) is 31.9 Å². The number of benzene rings is 1. The van der Waals surface area contributed by atoms with Crippen molar-refractivity contribution in [1.82, 2.24) is 4.90 Å². The molecular weight excluding hydrogens is 276 g/mol. The molecule has 1 aliphatic rings. The van der Waals surface area contributed by atoms with Crippen molar-refractivity contribution >= 4 is 11.8 Å². The fraction of sp³-hybridized carbons (Fsp3) is 0.500. The molecule has 2 rings (SSSR count). The van der Waals surface area contributed by atoms with E-state index in [0.29, 0.717) is 12.1 Å². The molecule has 21 heavy (non-hydrogen) atoms. The average molecular weight is 294 g/mol. The van der Waals surface area contributed by atoms with E-state index in [0.717, 1.165) is 5.56 Å². The molecule has 1 aromatic rings. The van der Waals surface area contributed by atoms with Crippen LogP contribution < -0.4 is 4.74 Å². The minimum atomic E-state index is -0.602. The molecule has 0 spiro atoms. The van der Waals surface area contributed by atoms with Crippen molar-refractivity contribution in [2.24, 2.45) is 0 Å². The van der Waals surface area contributed by atoms with Crippen LogP contribution in [0.15, 0.2) is 12.1 Å². The first-order valence-electron chi connectivity index (χ1n) is 6.54. The van der Waals surface area contributed by atoms with Gasteiger partial charge in [-0.1, -0.05) is 6.07 Å². The number of methoxy groups -OCH3 is 1. The third-order valence-electron chi connectivity index (χ3n) is 3.11. The van der Waals surface area contributed by atoms with Crippen molar-refractivity contribution in [1.29, 1.82) is 0 Å². The van der Waals surface area contributed by atoms with Crippen LogP contribution in [0.3, 0.4) is 0 Å². The van der Waals surface area contributed by atoms with Crippen molar-refractivity contribution in [3.05, 3.63) is 33.4 Å². The number of carbonyl (C=O) groups is 1. The number of nitro groups is 1. The Bertz CT molecular complexity index is 592. The zero-order chi connectivity index (χ0) is 15.8. The molecule has 1 aliphatic heterocycles. The molecule has 0 atom stereocenters. The summed E-state index contributed by atoms with van der Waals surface area (Å²) in [6.45, 7) is 5.78. The lowest BCUT2D eigenvalue weighted by Gasteiger charge is -2.24. The third kappa shape index (κ3) is 3.07. The fourth-order valence-electron chi connectivity index (χ4n) is 2.25. The molecule has 7 heteroatoms. The zero-order valence-corrected chi connectivity index (χ0v) is 12.5. The molecule has 0 radical (unpaired) electrons. The largest absolute Gasteiger partial charge is 0.490 e. The number of rotatable bonds is 2. The number of ether oxygens (including phenoxy) is 2. The molecule has 0 saturated carbocycles. The van der Waals surface area contributed by atoms with E-state index in [9.17, 15) is 14.9 Å². The van der Waals surface area contributed by atoms with E-state index in [1.54, 1.807) is 32.9 Å². The molecule has 1 amide bonds. The molecule has 0 aliphatic carbocycles. The molecule has 0 saturated heterocycles. The number of carbonyl (C=O) groups excluding carboxylic acids is 1. The zero-order valence-electron chi connectivity index (χ0n) is 12.5. The number of hydrogen-bond acceptors (Lipinski definition) is 5. The lowest BCUT2D eigenvalue weighted by atomic mass is 10.1. The van der Waals surface area contributed by atoms with Gasteiger partial charge in [-0.3, -0.25) is 15.0 Å². The Morgan fingerprint density at radius 1 is 1.33 bits per heavy atom. The summed E-state index contributed by atoms with van der Waals surface area (Å²) in [7, 11) is 1.38. The molecular formula is C14H18N2O5. The van der Waals surface area contributed by atoms with Gasteiger partial charge in [0.25, 0.3) is 0 Å². The van der Waals surface area contributed by atoms with Gasteiger partial charge in [0.15, 0.2) is 5.75 Å². The quantitative estimate of drug-likeness (QED) is 0.618. The van der Waals surface area contributed by atoms with E-state index in [4.69, 9.17) is 9.47 Å². The molecule has 114 valence electrons. The van der Waals surface area contributed by atoms with Gasteiger partial charge >= 0.3 is 11.8 Å². The minimum absolute atomic E-state index is 0.0824. The normalized spacial score (nSPS) is 13.8. The van der Waals surface area contributed by atoms with Gasteiger partial charge < -0.3 is 9.47 Å². The maximum atomic E-state index is 12.1.